The summed E-state index contributed by atoms with van der Waals surface area (Å²) in [6.07, 6.45) is 10.9. The van der Waals surface area contributed by atoms with E-state index >= 15 is 4.39 Å². The highest BCUT2D eigenvalue weighted by Gasteiger charge is 2.49. The van der Waals surface area contributed by atoms with Crippen molar-refractivity contribution >= 4 is 29.1 Å². The third-order valence-electron chi connectivity index (χ3n) is 12.9. The number of rotatable bonds is 11. The highest BCUT2D eigenvalue weighted by Crippen LogP contribution is 2.39. The number of likely N-dealkylation sites (tertiary alicyclic amines) is 1. The maximum Gasteiger partial charge on any atom is 0.254 e. The molecule has 4 saturated heterocycles. The van der Waals surface area contributed by atoms with Crippen LogP contribution in [0.3, 0.4) is 0 Å². The number of anilines is 2. The number of phenolic OH excluding ortho intramolecular Hbond substituents is 1. The van der Waals surface area contributed by atoms with E-state index in [1.165, 1.54) is 0 Å². The summed E-state index contributed by atoms with van der Waals surface area (Å²) in [4.78, 5) is 47.2. The van der Waals surface area contributed by atoms with E-state index < -0.39 is 17.4 Å². The number of phenols is 1. The number of para-hydroxylation sites is 1. The molecule has 5 aliphatic rings. The molecule has 3 amide bonds. The molecule has 1 saturated carbocycles. The summed E-state index contributed by atoms with van der Waals surface area (Å²) in [7, 11) is 1.97. The molecule has 298 valence electrons. The summed E-state index contributed by atoms with van der Waals surface area (Å²) >= 11 is 0. The fourth-order valence-electron chi connectivity index (χ4n) is 9.21. The van der Waals surface area contributed by atoms with Gasteiger partial charge in [-0.2, -0.15) is 10.2 Å². The Bertz CT molecular complexity index is 1900. The maximum atomic E-state index is 15.2. The maximum absolute atomic E-state index is 15.2. The number of aromatic nitrogens is 2. The number of carbonyl (C=O) groups excluding carboxylic acids is 3. The molecule has 1 atom stereocenters. The first-order valence-electron chi connectivity index (χ1n) is 20.6. The zero-order valence-corrected chi connectivity index (χ0v) is 32.4. The summed E-state index contributed by atoms with van der Waals surface area (Å²) in [5, 5.41) is 21.2. The average molecular weight is 768 g/mol. The second kappa shape index (κ2) is 16.5. The number of piperidine rings is 4. The Labute approximate surface area is 328 Å². The molecule has 1 aliphatic carbocycles. The Morgan fingerprint density at radius 1 is 0.929 bits per heavy atom. The van der Waals surface area contributed by atoms with Crippen LogP contribution in [0.25, 0.3) is 11.3 Å². The first-order valence-corrected chi connectivity index (χ1v) is 20.6. The fraction of sp³-hybridized carbons (Fsp3) is 0.558. The molecule has 5 fully saturated rings. The summed E-state index contributed by atoms with van der Waals surface area (Å²) in [5.41, 5.74) is 2.57. The van der Waals surface area contributed by atoms with Gasteiger partial charge < -0.3 is 29.4 Å². The van der Waals surface area contributed by atoms with E-state index in [-0.39, 0.29) is 41.9 Å². The van der Waals surface area contributed by atoms with Crippen LogP contribution in [0.2, 0.25) is 0 Å². The van der Waals surface area contributed by atoms with E-state index in [0.717, 1.165) is 89.0 Å². The van der Waals surface area contributed by atoms with E-state index in [1.54, 1.807) is 30.5 Å². The van der Waals surface area contributed by atoms with Gasteiger partial charge in [-0.1, -0.05) is 18.2 Å². The van der Waals surface area contributed by atoms with Gasteiger partial charge in [0.2, 0.25) is 11.8 Å². The summed E-state index contributed by atoms with van der Waals surface area (Å²) < 4.78 is 21.8. The van der Waals surface area contributed by atoms with Crippen LogP contribution in [0.15, 0.2) is 54.7 Å². The van der Waals surface area contributed by atoms with Gasteiger partial charge in [-0.25, -0.2) is 4.39 Å². The molecule has 8 rings (SSSR count). The van der Waals surface area contributed by atoms with Gasteiger partial charge in [-0.3, -0.25) is 19.7 Å². The van der Waals surface area contributed by atoms with Gasteiger partial charge in [0.25, 0.3) is 5.91 Å². The van der Waals surface area contributed by atoms with Crippen LogP contribution in [-0.2, 0) is 19.1 Å². The van der Waals surface area contributed by atoms with E-state index in [2.05, 4.69) is 30.2 Å². The average Bonchev–Trinajstić information content (AvgIpc) is 4.04. The first kappa shape index (κ1) is 38.3. The molecular formula is C43H54FN7O5. The number of likely N-dealkylation sites (N-methyl/N-ethyl adjacent to an activating group) is 1. The normalized spacial score (nSPS) is 22.6. The van der Waals surface area contributed by atoms with Crippen molar-refractivity contribution in [1.82, 2.24) is 25.3 Å². The number of aromatic hydroxyl groups is 1. The summed E-state index contributed by atoms with van der Waals surface area (Å²) in [5.74, 6) is -0.821. The van der Waals surface area contributed by atoms with Crippen LogP contribution in [0.5, 0.6) is 5.75 Å². The predicted molar refractivity (Wildman–Crippen MR) is 211 cm³/mol. The Hall–Kier alpha value is -4.62. The molecule has 0 radical (unpaired) electrons. The smallest absolute Gasteiger partial charge is 0.254 e. The van der Waals surface area contributed by atoms with Crippen LogP contribution < -0.4 is 15.1 Å². The summed E-state index contributed by atoms with van der Waals surface area (Å²) in [6.45, 7) is 6.07. The van der Waals surface area contributed by atoms with Crippen molar-refractivity contribution in [2.24, 2.45) is 5.92 Å². The van der Waals surface area contributed by atoms with Gasteiger partial charge in [0.15, 0.2) is 5.60 Å². The SMILES string of the molecule is CN(C(=O)C1(OC2CC2)CCN(c2cnnc(-c3ccccc3O)c2)CC1)C1CCN(CCC2CCN(c3ccc([C@H]4CCC(=O)NC4=O)c(F)c3)CC2)CC1. The van der Waals surface area contributed by atoms with Crippen molar-refractivity contribution in [2.45, 2.75) is 94.3 Å². The fourth-order valence-corrected chi connectivity index (χ4v) is 9.21. The number of imide groups is 1. The van der Waals surface area contributed by atoms with Crippen LogP contribution in [-0.4, -0.2) is 113 Å². The molecule has 0 unspecified atom stereocenters. The third kappa shape index (κ3) is 8.39. The number of benzene rings is 2. The molecule has 12 nitrogen and oxygen atoms in total. The quantitative estimate of drug-likeness (QED) is 0.250. The van der Waals surface area contributed by atoms with Gasteiger partial charge >= 0.3 is 0 Å². The lowest BCUT2D eigenvalue weighted by Gasteiger charge is -2.45. The van der Waals surface area contributed by atoms with E-state index in [0.29, 0.717) is 55.1 Å². The number of halogens is 1. The van der Waals surface area contributed by atoms with Gasteiger partial charge in [0.05, 0.1) is 29.6 Å². The number of amides is 3. The number of hydrogen-bond acceptors (Lipinski definition) is 10. The number of nitrogens with one attached hydrogen (secondary N) is 1. The molecule has 5 heterocycles. The zero-order chi connectivity index (χ0) is 38.8. The van der Waals surface area contributed by atoms with Crippen LogP contribution in [0.4, 0.5) is 15.8 Å². The lowest BCUT2D eigenvalue weighted by atomic mass is 9.88. The number of nitrogens with zero attached hydrogens (tertiary/aromatic N) is 6. The minimum Gasteiger partial charge on any atom is -0.507 e. The predicted octanol–water partition coefficient (Wildman–Crippen LogP) is 5.26. The molecule has 4 aliphatic heterocycles. The van der Waals surface area contributed by atoms with E-state index in [9.17, 15) is 19.5 Å². The second-order valence-electron chi connectivity index (χ2n) is 16.5. The van der Waals surface area contributed by atoms with Gasteiger partial charge in [0, 0.05) is 88.4 Å². The molecule has 2 N–H and O–H groups in total. The van der Waals surface area contributed by atoms with Gasteiger partial charge in [-0.05, 0) is 94.2 Å². The van der Waals surface area contributed by atoms with Crippen molar-refractivity contribution in [2.75, 3.05) is 62.7 Å². The van der Waals surface area contributed by atoms with Crippen LogP contribution >= 0.6 is 0 Å². The Morgan fingerprint density at radius 3 is 2.36 bits per heavy atom. The first-order chi connectivity index (χ1) is 27.2. The minimum absolute atomic E-state index is 0.113. The Morgan fingerprint density at radius 2 is 1.66 bits per heavy atom. The molecule has 2 aromatic carbocycles. The van der Waals surface area contributed by atoms with Crippen molar-refractivity contribution in [3.05, 3.63) is 66.1 Å². The summed E-state index contributed by atoms with van der Waals surface area (Å²) in [6, 6.07) is 14.4. The lowest BCUT2D eigenvalue weighted by molar-refractivity contribution is -0.165. The molecule has 56 heavy (non-hydrogen) atoms. The monoisotopic (exact) mass is 767 g/mol. The Kier molecular flexibility index (Phi) is 11.2. The molecular weight excluding hydrogens is 714 g/mol. The topological polar surface area (TPSA) is 131 Å². The van der Waals surface area contributed by atoms with Crippen molar-refractivity contribution in [1.29, 1.82) is 0 Å². The zero-order valence-electron chi connectivity index (χ0n) is 32.4. The molecule has 13 heteroatoms. The molecule has 0 bridgehead atoms. The third-order valence-corrected chi connectivity index (χ3v) is 12.9. The second-order valence-corrected chi connectivity index (χ2v) is 16.5. The highest BCUT2D eigenvalue weighted by molar-refractivity contribution is 6.01. The highest BCUT2D eigenvalue weighted by atomic mass is 19.1. The molecule has 0 spiro atoms. The number of carbonyl (C=O) groups is 3. The molecule has 1 aromatic heterocycles. The lowest BCUT2D eigenvalue weighted by Crippen LogP contribution is -2.59. The van der Waals surface area contributed by atoms with Gasteiger partial charge in [0.1, 0.15) is 11.6 Å². The molecule has 3 aromatic rings. The van der Waals surface area contributed by atoms with E-state index in [4.69, 9.17) is 4.74 Å². The Balaban J connectivity index is 0.793. The van der Waals surface area contributed by atoms with Crippen LogP contribution in [0.1, 0.15) is 82.1 Å². The van der Waals surface area contributed by atoms with Crippen molar-refractivity contribution in [3.63, 3.8) is 0 Å². The standard InChI is InChI=1S/C43H54FN7O5/c1-48(42(55)43(56-33-7-8-33)17-24-51(25-18-43)32-27-38(47-45-28-32)36-4-2-3-5-39(36)52)30-15-20-49(21-16-30)19-12-29-13-22-50(23-14-29)31-6-9-34(37(44)26-31)35-10-11-40(53)46-41(35)54/h2-6,9,26-30,33,35,52H,7-8,10-25H2,1H3,(H,46,53,54)/t35-/m1/s1. The van der Waals surface area contributed by atoms with E-state index in [1.807, 2.05) is 36.2 Å². The number of ether oxygens (including phenoxy) is 1. The number of hydrogen-bond donors (Lipinski definition) is 2. The minimum atomic E-state index is -0.819. The van der Waals surface area contributed by atoms with Crippen LogP contribution in [0, 0.1) is 11.7 Å². The largest absolute Gasteiger partial charge is 0.507 e. The van der Waals surface area contributed by atoms with Crippen molar-refractivity contribution in [3.8, 4) is 17.0 Å². The van der Waals surface area contributed by atoms with Gasteiger partial charge in [-0.15, -0.1) is 0 Å². The van der Waals surface area contributed by atoms with Crippen molar-refractivity contribution < 1.29 is 28.6 Å².